The fourth-order valence-electron chi connectivity index (χ4n) is 4.19. The average molecular weight is 400 g/mol. The van der Waals surface area contributed by atoms with Crippen LogP contribution in [0.15, 0.2) is 65.7 Å². The predicted octanol–water partition coefficient (Wildman–Crippen LogP) is 5.00. The molecule has 0 aromatic heterocycles. The number of rotatable bonds is 2. The van der Waals surface area contributed by atoms with Crippen molar-refractivity contribution in [2.75, 3.05) is 18.9 Å². The molecular formula is C24H20N2O4. The fraction of sp³-hybridized carbons (Fsp3) is 0.208. The van der Waals surface area contributed by atoms with Crippen molar-refractivity contribution in [1.82, 2.24) is 0 Å². The zero-order chi connectivity index (χ0) is 20.1. The van der Waals surface area contributed by atoms with Crippen molar-refractivity contribution < 1.29 is 18.9 Å². The maximum absolute atomic E-state index is 5.63. The molecule has 0 saturated heterocycles. The summed E-state index contributed by atoms with van der Waals surface area (Å²) in [6, 6.07) is 20.2. The van der Waals surface area contributed by atoms with Crippen molar-refractivity contribution in [2.45, 2.75) is 18.9 Å². The van der Waals surface area contributed by atoms with Crippen molar-refractivity contribution in [3.63, 3.8) is 0 Å². The van der Waals surface area contributed by atoms with Crippen LogP contribution in [0.5, 0.6) is 23.0 Å². The Hall–Kier alpha value is -3.67. The molecule has 6 rings (SSSR count). The number of ether oxygens (including phenoxy) is 4. The fourth-order valence-corrected chi connectivity index (χ4v) is 4.19. The number of hydrogen-bond donors (Lipinski definition) is 1. The van der Waals surface area contributed by atoms with E-state index in [1.54, 1.807) is 0 Å². The van der Waals surface area contributed by atoms with Crippen LogP contribution in [0.1, 0.15) is 24.5 Å². The van der Waals surface area contributed by atoms with Crippen LogP contribution in [0.25, 0.3) is 0 Å². The van der Waals surface area contributed by atoms with E-state index in [-0.39, 0.29) is 13.6 Å². The van der Waals surface area contributed by atoms with E-state index in [0.29, 0.717) is 6.42 Å². The number of nitrogens with zero attached hydrogens (tertiary/aromatic N) is 1. The van der Waals surface area contributed by atoms with Crippen molar-refractivity contribution >= 4 is 17.1 Å². The lowest BCUT2D eigenvalue weighted by atomic mass is 9.84. The Labute approximate surface area is 174 Å². The highest BCUT2D eigenvalue weighted by atomic mass is 16.7. The van der Waals surface area contributed by atoms with Gasteiger partial charge in [0.25, 0.3) is 0 Å². The molecular weight excluding hydrogens is 380 g/mol. The number of fused-ring (bicyclic) bond motifs is 3. The molecule has 30 heavy (non-hydrogen) atoms. The first-order valence-electron chi connectivity index (χ1n) is 9.93. The lowest BCUT2D eigenvalue weighted by Crippen LogP contribution is -2.33. The number of benzene rings is 3. The van der Waals surface area contributed by atoms with Gasteiger partial charge in [-0.1, -0.05) is 18.2 Å². The molecule has 0 bridgehead atoms. The predicted molar refractivity (Wildman–Crippen MR) is 113 cm³/mol. The minimum atomic E-state index is -0.400. The van der Waals surface area contributed by atoms with Crippen molar-refractivity contribution in [1.29, 1.82) is 0 Å². The molecule has 3 aliphatic rings. The second-order valence-corrected chi connectivity index (χ2v) is 7.85. The number of aliphatic imine (C=N–C) groups is 1. The van der Waals surface area contributed by atoms with E-state index in [1.807, 2.05) is 42.5 Å². The number of anilines is 1. The molecule has 0 spiro atoms. The van der Waals surface area contributed by atoms with Gasteiger partial charge in [-0.15, -0.1) is 0 Å². The summed E-state index contributed by atoms with van der Waals surface area (Å²) in [4.78, 5) is 5.03. The molecule has 1 unspecified atom stereocenters. The topological polar surface area (TPSA) is 61.3 Å². The van der Waals surface area contributed by atoms with E-state index < -0.39 is 5.54 Å². The minimum absolute atomic E-state index is 0.255. The summed E-state index contributed by atoms with van der Waals surface area (Å²) < 4.78 is 22.2. The first-order valence-corrected chi connectivity index (χ1v) is 9.93. The second kappa shape index (κ2) is 6.42. The maximum Gasteiger partial charge on any atom is 0.231 e. The molecule has 0 fully saturated rings. The Bertz CT molecular complexity index is 1190. The number of nitrogens with one attached hydrogen (secondary N) is 1. The van der Waals surface area contributed by atoms with Crippen LogP contribution < -0.4 is 24.3 Å². The normalized spacial score (nSPS) is 20.8. The Morgan fingerprint density at radius 1 is 0.800 bits per heavy atom. The first-order chi connectivity index (χ1) is 14.7. The van der Waals surface area contributed by atoms with E-state index in [1.165, 1.54) is 0 Å². The summed E-state index contributed by atoms with van der Waals surface area (Å²) in [7, 11) is 0. The van der Waals surface area contributed by atoms with E-state index in [0.717, 1.165) is 51.2 Å². The maximum atomic E-state index is 5.63. The molecule has 6 nitrogen and oxygen atoms in total. The van der Waals surface area contributed by atoms with Gasteiger partial charge in [0.1, 0.15) is 0 Å². The van der Waals surface area contributed by atoms with Crippen LogP contribution >= 0.6 is 0 Å². The smallest absolute Gasteiger partial charge is 0.231 e. The molecule has 0 saturated carbocycles. The van der Waals surface area contributed by atoms with Gasteiger partial charge in [-0.25, -0.2) is 0 Å². The van der Waals surface area contributed by atoms with Crippen molar-refractivity contribution in [3.8, 4) is 23.0 Å². The summed E-state index contributed by atoms with van der Waals surface area (Å²) in [5.74, 6) is 3.08. The quantitative estimate of drug-likeness (QED) is 0.656. The highest BCUT2D eigenvalue weighted by Gasteiger charge is 2.33. The number of para-hydroxylation sites is 2. The van der Waals surface area contributed by atoms with E-state index >= 15 is 0 Å². The van der Waals surface area contributed by atoms with Crippen molar-refractivity contribution in [2.24, 2.45) is 4.99 Å². The van der Waals surface area contributed by atoms with Crippen LogP contribution in [0.3, 0.4) is 0 Å². The van der Waals surface area contributed by atoms with Gasteiger partial charge >= 0.3 is 0 Å². The van der Waals surface area contributed by atoms with E-state index in [2.05, 4.69) is 30.4 Å². The van der Waals surface area contributed by atoms with Crippen LogP contribution in [0, 0.1) is 0 Å². The molecule has 0 amide bonds. The van der Waals surface area contributed by atoms with Crippen LogP contribution in [-0.4, -0.2) is 19.3 Å². The first kappa shape index (κ1) is 17.2. The monoisotopic (exact) mass is 400 g/mol. The van der Waals surface area contributed by atoms with Gasteiger partial charge in [0.2, 0.25) is 13.6 Å². The highest BCUT2D eigenvalue weighted by Crippen LogP contribution is 2.43. The molecule has 1 N–H and O–H groups in total. The third-order valence-electron chi connectivity index (χ3n) is 5.81. The molecule has 0 aliphatic carbocycles. The summed E-state index contributed by atoms with van der Waals surface area (Å²) in [5.41, 5.74) is 4.61. The Balaban J connectivity index is 1.47. The lowest BCUT2D eigenvalue weighted by molar-refractivity contribution is 0.173. The standard InChI is InChI=1S/C24H20N2O4/c1-24(16-7-9-21-23(11-16)30-14-28-21)12-19(25-17-4-2-3-5-18(17)26-24)15-6-8-20-22(10-15)29-13-27-20/h2-11,26H,12-14H2,1H3. The zero-order valence-corrected chi connectivity index (χ0v) is 16.5. The zero-order valence-electron chi connectivity index (χ0n) is 16.5. The van der Waals surface area contributed by atoms with Gasteiger partial charge in [0, 0.05) is 12.0 Å². The third kappa shape index (κ3) is 2.76. The molecule has 1 atom stereocenters. The summed E-state index contributed by atoms with van der Waals surface area (Å²) in [5, 5.41) is 3.73. The van der Waals surface area contributed by atoms with Gasteiger partial charge in [0.05, 0.1) is 22.6 Å². The van der Waals surface area contributed by atoms with Gasteiger partial charge in [-0.05, 0) is 55.0 Å². The van der Waals surface area contributed by atoms with E-state index in [9.17, 15) is 0 Å². The van der Waals surface area contributed by atoms with Gasteiger partial charge in [0.15, 0.2) is 23.0 Å². The van der Waals surface area contributed by atoms with Gasteiger partial charge in [-0.2, -0.15) is 0 Å². The molecule has 150 valence electrons. The minimum Gasteiger partial charge on any atom is -0.454 e. The molecule has 6 heteroatoms. The lowest BCUT2D eigenvalue weighted by Gasteiger charge is -2.32. The Morgan fingerprint density at radius 3 is 2.33 bits per heavy atom. The largest absolute Gasteiger partial charge is 0.454 e. The van der Waals surface area contributed by atoms with Crippen LogP contribution in [0.2, 0.25) is 0 Å². The SMILES string of the molecule is CC1(c2ccc3c(c2)OCO3)CC(c2ccc3c(c2)OCO3)=Nc2ccccc2N1. The van der Waals surface area contributed by atoms with Gasteiger partial charge in [-0.3, -0.25) is 4.99 Å². The summed E-state index contributed by atoms with van der Waals surface area (Å²) in [6.07, 6.45) is 0.682. The summed E-state index contributed by atoms with van der Waals surface area (Å²) >= 11 is 0. The summed E-state index contributed by atoms with van der Waals surface area (Å²) in [6.45, 7) is 2.70. The number of hydrogen-bond acceptors (Lipinski definition) is 6. The third-order valence-corrected chi connectivity index (χ3v) is 5.81. The van der Waals surface area contributed by atoms with Crippen molar-refractivity contribution in [3.05, 3.63) is 71.8 Å². The van der Waals surface area contributed by atoms with Crippen LogP contribution in [0.4, 0.5) is 11.4 Å². The van der Waals surface area contributed by atoms with E-state index in [4.69, 9.17) is 23.9 Å². The Morgan fingerprint density at radius 2 is 1.50 bits per heavy atom. The van der Waals surface area contributed by atoms with Crippen LogP contribution in [-0.2, 0) is 5.54 Å². The molecule has 3 aromatic carbocycles. The Kier molecular flexibility index (Phi) is 3.68. The average Bonchev–Trinajstić information content (AvgIpc) is 3.39. The molecule has 3 aromatic rings. The molecule has 3 aliphatic heterocycles. The molecule has 0 radical (unpaired) electrons. The van der Waals surface area contributed by atoms with Gasteiger partial charge < -0.3 is 24.3 Å². The molecule has 3 heterocycles. The highest BCUT2D eigenvalue weighted by molar-refractivity contribution is 6.05. The second-order valence-electron chi connectivity index (χ2n) is 7.85.